The van der Waals surface area contributed by atoms with Crippen LogP contribution >= 0.6 is 0 Å². The van der Waals surface area contributed by atoms with Crippen molar-refractivity contribution >= 4 is 16.9 Å². The maximum Gasteiger partial charge on any atom is 0.407 e. The summed E-state index contributed by atoms with van der Waals surface area (Å²) in [6, 6.07) is 11.1. The lowest BCUT2D eigenvalue weighted by molar-refractivity contribution is 0.0385. The van der Waals surface area contributed by atoms with Crippen LogP contribution in [0.15, 0.2) is 36.4 Å². The van der Waals surface area contributed by atoms with Crippen LogP contribution in [0.2, 0.25) is 0 Å². The summed E-state index contributed by atoms with van der Waals surface area (Å²) in [5, 5.41) is 15.1. The second-order valence-electron chi connectivity index (χ2n) is 5.86. The molecule has 1 saturated heterocycles. The summed E-state index contributed by atoms with van der Waals surface area (Å²) in [6.07, 6.45) is -0.443. The third kappa shape index (κ3) is 1.97. The Labute approximate surface area is 117 Å². The largest absolute Gasteiger partial charge is 0.508 e. The molecule has 2 aromatic carbocycles. The molecule has 0 spiro atoms. The Morgan fingerprint density at radius 1 is 1.25 bits per heavy atom. The Balaban J connectivity index is 2.22. The van der Waals surface area contributed by atoms with E-state index in [-0.39, 0.29) is 17.2 Å². The molecule has 0 saturated carbocycles. The quantitative estimate of drug-likeness (QED) is 0.836. The van der Waals surface area contributed by atoms with E-state index in [2.05, 4.69) is 5.32 Å². The molecule has 1 aliphatic rings. The lowest BCUT2D eigenvalue weighted by Crippen LogP contribution is -2.47. The molecule has 1 atom stereocenters. The summed E-state index contributed by atoms with van der Waals surface area (Å²) < 4.78 is 5.07. The predicted molar refractivity (Wildman–Crippen MR) is 76.6 cm³/mol. The van der Waals surface area contributed by atoms with Crippen molar-refractivity contribution in [1.29, 1.82) is 0 Å². The number of hydrogen-bond acceptors (Lipinski definition) is 3. The summed E-state index contributed by atoms with van der Waals surface area (Å²) in [6.45, 7) is 4.35. The van der Waals surface area contributed by atoms with Crippen LogP contribution in [0.4, 0.5) is 4.79 Å². The van der Waals surface area contributed by atoms with Gasteiger partial charge in [-0.3, -0.25) is 0 Å². The standard InChI is InChI=1S/C16H17NO3/c1-16(2)9-20-15(19)17-14(16)13-11-6-4-3-5-10(11)7-8-12(13)18/h3-8,14,18H,9H2,1-2H3,(H,17,19)/t14-/m0/s1. The number of carbonyl (C=O) groups is 1. The summed E-state index contributed by atoms with van der Waals surface area (Å²) in [5.74, 6) is 0.198. The number of ether oxygens (including phenoxy) is 1. The number of fused-ring (bicyclic) bond motifs is 1. The second-order valence-corrected chi connectivity index (χ2v) is 5.86. The minimum Gasteiger partial charge on any atom is -0.508 e. The summed E-state index contributed by atoms with van der Waals surface area (Å²) in [7, 11) is 0. The first-order valence-electron chi connectivity index (χ1n) is 6.63. The minimum absolute atomic E-state index is 0.198. The van der Waals surface area contributed by atoms with Crippen molar-refractivity contribution in [2.24, 2.45) is 5.41 Å². The van der Waals surface area contributed by atoms with E-state index in [1.807, 2.05) is 44.2 Å². The molecule has 20 heavy (non-hydrogen) atoms. The molecule has 0 radical (unpaired) electrons. The Bertz CT molecular complexity index is 678. The molecule has 104 valence electrons. The minimum atomic E-state index is -0.443. The highest BCUT2D eigenvalue weighted by molar-refractivity contribution is 5.89. The van der Waals surface area contributed by atoms with Crippen molar-refractivity contribution in [3.63, 3.8) is 0 Å². The third-order valence-corrected chi connectivity index (χ3v) is 3.86. The lowest BCUT2D eigenvalue weighted by Gasteiger charge is -2.39. The fourth-order valence-corrected chi connectivity index (χ4v) is 2.74. The van der Waals surface area contributed by atoms with E-state index in [1.54, 1.807) is 6.07 Å². The number of alkyl carbamates (subject to hydrolysis) is 1. The van der Waals surface area contributed by atoms with E-state index in [1.165, 1.54) is 0 Å². The van der Waals surface area contributed by atoms with Gasteiger partial charge in [0.1, 0.15) is 12.4 Å². The van der Waals surface area contributed by atoms with E-state index < -0.39 is 6.09 Å². The van der Waals surface area contributed by atoms with E-state index in [0.29, 0.717) is 6.61 Å². The van der Waals surface area contributed by atoms with Crippen molar-refractivity contribution in [3.05, 3.63) is 42.0 Å². The van der Waals surface area contributed by atoms with Gasteiger partial charge in [-0.2, -0.15) is 0 Å². The molecule has 4 heteroatoms. The molecule has 2 N–H and O–H groups in total. The molecule has 0 aromatic heterocycles. The number of aromatic hydroxyl groups is 1. The maximum absolute atomic E-state index is 11.6. The Morgan fingerprint density at radius 2 is 2.00 bits per heavy atom. The predicted octanol–water partition coefficient (Wildman–Crippen LogP) is 3.35. The number of cyclic esters (lactones) is 1. The van der Waals surface area contributed by atoms with Crippen LogP contribution in [0, 0.1) is 5.41 Å². The number of carbonyl (C=O) groups excluding carboxylic acids is 1. The van der Waals surface area contributed by atoms with Crippen molar-refractivity contribution < 1.29 is 14.6 Å². The topological polar surface area (TPSA) is 58.6 Å². The molecule has 1 fully saturated rings. The zero-order valence-electron chi connectivity index (χ0n) is 11.5. The van der Waals surface area contributed by atoms with Crippen LogP contribution in [0.3, 0.4) is 0 Å². The third-order valence-electron chi connectivity index (χ3n) is 3.86. The van der Waals surface area contributed by atoms with Gasteiger partial charge in [-0.05, 0) is 16.8 Å². The zero-order valence-corrected chi connectivity index (χ0v) is 11.5. The molecule has 3 rings (SSSR count). The van der Waals surface area contributed by atoms with Crippen LogP contribution in [0.1, 0.15) is 25.5 Å². The van der Waals surface area contributed by atoms with Crippen LogP contribution in [-0.2, 0) is 4.74 Å². The van der Waals surface area contributed by atoms with Crippen LogP contribution in [-0.4, -0.2) is 17.8 Å². The van der Waals surface area contributed by atoms with Gasteiger partial charge in [-0.25, -0.2) is 4.79 Å². The molecule has 1 amide bonds. The average Bonchev–Trinajstić information content (AvgIpc) is 2.42. The molecule has 4 nitrogen and oxygen atoms in total. The second kappa shape index (κ2) is 4.40. The van der Waals surface area contributed by atoms with Crippen molar-refractivity contribution in [1.82, 2.24) is 5.32 Å². The number of phenols is 1. The van der Waals surface area contributed by atoms with E-state index in [9.17, 15) is 9.90 Å². The van der Waals surface area contributed by atoms with Gasteiger partial charge in [-0.15, -0.1) is 0 Å². The highest BCUT2D eigenvalue weighted by atomic mass is 16.6. The summed E-state index contributed by atoms with van der Waals surface area (Å²) in [4.78, 5) is 11.6. The van der Waals surface area contributed by atoms with Crippen LogP contribution in [0.5, 0.6) is 5.75 Å². The fourth-order valence-electron chi connectivity index (χ4n) is 2.74. The van der Waals surface area contributed by atoms with Gasteiger partial charge >= 0.3 is 6.09 Å². The molecule has 1 aliphatic heterocycles. The molecule has 0 aliphatic carbocycles. The van der Waals surface area contributed by atoms with Gasteiger partial charge in [0.2, 0.25) is 0 Å². The Hall–Kier alpha value is -2.23. The summed E-state index contributed by atoms with van der Waals surface area (Å²) in [5.41, 5.74) is 0.458. The fraction of sp³-hybridized carbons (Fsp3) is 0.312. The van der Waals surface area contributed by atoms with E-state index >= 15 is 0 Å². The first-order valence-corrected chi connectivity index (χ1v) is 6.63. The SMILES string of the molecule is CC1(C)COC(=O)N[C@H]1c1c(O)ccc2ccccc12. The molecular formula is C16H17NO3. The number of amides is 1. The Morgan fingerprint density at radius 3 is 2.80 bits per heavy atom. The monoisotopic (exact) mass is 271 g/mol. The van der Waals surface area contributed by atoms with Gasteiger partial charge in [-0.1, -0.05) is 44.2 Å². The first kappa shape index (κ1) is 12.8. The van der Waals surface area contributed by atoms with Gasteiger partial charge in [0, 0.05) is 11.0 Å². The maximum atomic E-state index is 11.6. The van der Waals surface area contributed by atoms with E-state index in [0.717, 1.165) is 16.3 Å². The average molecular weight is 271 g/mol. The number of benzene rings is 2. The van der Waals surface area contributed by atoms with Crippen molar-refractivity contribution in [3.8, 4) is 5.75 Å². The molecule has 1 heterocycles. The molecule has 2 aromatic rings. The first-order chi connectivity index (χ1) is 9.49. The lowest BCUT2D eigenvalue weighted by atomic mass is 9.78. The molecule has 0 bridgehead atoms. The number of nitrogens with one attached hydrogen (secondary N) is 1. The van der Waals surface area contributed by atoms with Crippen molar-refractivity contribution in [2.75, 3.05) is 6.61 Å². The van der Waals surface area contributed by atoms with Gasteiger partial charge in [0.25, 0.3) is 0 Å². The number of rotatable bonds is 1. The highest BCUT2D eigenvalue weighted by Gasteiger charge is 2.39. The normalized spacial score (nSPS) is 21.3. The van der Waals surface area contributed by atoms with E-state index in [4.69, 9.17) is 4.74 Å². The van der Waals surface area contributed by atoms with Gasteiger partial charge < -0.3 is 15.2 Å². The zero-order chi connectivity index (χ0) is 14.3. The highest BCUT2D eigenvalue weighted by Crippen LogP contribution is 2.43. The number of phenolic OH excluding ortho intramolecular Hbond substituents is 1. The van der Waals surface area contributed by atoms with Gasteiger partial charge in [0.05, 0.1) is 6.04 Å². The molecular weight excluding hydrogens is 254 g/mol. The molecule has 0 unspecified atom stereocenters. The summed E-state index contributed by atoms with van der Waals surface area (Å²) >= 11 is 0. The van der Waals surface area contributed by atoms with Gasteiger partial charge in [0.15, 0.2) is 0 Å². The Kier molecular flexibility index (Phi) is 2.82. The van der Waals surface area contributed by atoms with Crippen LogP contribution in [0.25, 0.3) is 10.8 Å². The smallest absolute Gasteiger partial charge is 0.407 e. The number of hydrogen-bond donors (Lipinski definition) is 2. The van der Waals surface area contributed by atoms with Crippen molar-refractivity contribution in [2.45, 2.75) is 19.9 Å². The van der Waals surface area contributed by atoms with Crippen LogP contribution < -0.4 is 5.32 Å².